The van der Waals surface area contributed by atoms with Crippen molar-refractivity contribution in [3.8, 4) is 5.75 Å². The number of hydrogen-bond donors (Lipinski definition) is 1. The molecule has 2 heterocycles. The van der Waals surface area contributed by atoms with Gasteiger partial charge >= 0.3 is 0 Å². The summed E-state index contributed by atoms with van der Waals surface area (Å²) in [6.07, 6.45) is 3.34. The van der Waals surface area contributed by atoms with Crippen molar-refractivity contribution in [3.63, 3.8) is 0 Å². The van der Waals surface area contributed by atoms with Gasteiger partial charge in [-0.3, -0.25) is 4.98 Å². The van der Waals surface area contributed by atoms with Gasteiger partial charge in [0.05, 0.1) is 18.0 Å². The van der Waals surface area contributed by atoms with Gasteiger partial charge in [-0.05, 0) is 18.2 Å². The molecule has 3 rings (SSSR count). The molecular formula is C15H14N2O2. The first-order valence-electron chi connectivity index (χ1n) is 6.10. The minimum Gasteiger partial charge on any atom is -0.484 e. The van der Waals surface area contributed by atoms with Crippen molar-refractivity contribution in [2.24, 2.45) is 5.73 Å². The Morgan fingerprint density at radius 2 is 2.11 bits per heavy atom. The first kappa shape index (κ1) is 11.7. The van der Waals surface area contributed by atoms with Crippen LogP contribution in [0, 0.1) is 0 Å². The monoisotopic (exact) mass is 254 g/mol. The van der Waals surface area contributed by atoms with Gasteiger partial charge in [0.15, 0.2) is 0 Å². The number of ether oxygens (including phenoxy) is 1. The molecule has 0 radical (unpaired) electrons. The maximum absolute atomic E-state index is 5.69. The molecule has 0 spiro atoms. The Labute approximate surface area is 110 Å². The molecule has 1 aromatic carbocycles. The second-order valence-electron chi connectivity index (χ2n) is 4.23. The van der Waals surface area contributed by atoms with E-state index >= 15 is 0 Å². The third-order valence-corrected chi connectivity index (χ3v) is 2.99. The minimum absolute atomic E-state index is 0.361. The van der Waals surface area contributed by atoms with Gasteiger partial charge in [0.2, 0.25) is 0 Å². The van der Waals surface area contributed by atoms with Crippen LogP contribution in [0.3, 0.4) is 0 Å². The van der Waals surface area contributed by atoms with E-state index < -0.39 is 0 Å². The van der Waals surface area contributed by atoms with Crippen LogP contribution in [-0.4, -0.2) is 4.98 Å². The fraction of sp³-hybridized carbons (Fsp3) is 0.133. The number of furan rings is 1. The highest BCUT2D eigenvalue weighted by atomic mass is 16.5. The number of aromatic nitrogens is 1. The van der Waals surface area contributed by atoms with Crippen LogP contribution in [0.25, 0.3) is 10.9 Å². The van der Waals surface area contributed by atoms with E-state index in [0.29, 0.717) is 13.2 Å². The zero-order valence-corrected chi connectivity index (χ0v) is 10.4. The zero-order chi connectivity index (χ0) is 13.1. The van der Waals surface area contributed by atoms with Gasteiger partial charge in [0.25, 0.3) is 0 Å². The SMILES string of the molecule is NCc1ccoc1COc1cnc2ccccc2c1. The first-order chi connectivity index (χ1) is 9.36. The Morgan fingerprint density at radius 3 is 3.00 bits per heavy atom. The van der Waals surface area contributed by atoms with Gasteiger partial charge in [-0.1, -0.05) is 18.2 Å². The second kappa shape index (κ2) is 5.12. The summed E-state index contributed by atoms with van der Waals surface area (Å²) in [6.45, 7) is 0.810. The van der Waals surface area contributed by atoms with Crippen LogP contribution in [0.1, 0.15) is 11.3 Å². The molecule has 19 heavy (non-hydrogen) atoms. The molecule has 0 aliphatic rings. The zero-order valence-electron chi connectivity index (χ0n) is 10.4. The van der Waals surface area contributed by atoms with E-state index in [1.54, 1.807) is 12.5 Å². The fourth-order valence-corrected chi connectivity index (χ4v) is 1.95. The highest BCUT2D eigenvalue weighted by Gasteiger charge is 2.06. The summed E-state index contributed by atoms with van der Waals surface area (Å²) in [7, 11) is 0. The van der Waals surface area contributed by atoms with E-state index in [1.165, 1.54) is 0 Å². The quantitative estimate of drug-likeness (QED) is 0.777. The predicted molar refractivity (Wildman–Crippen MR) is 72.7 cm³/mol. The number of benzene rings is 1. The van der Waals surface area contributed by atoms with E-state index in [1.807, 2.05) is 36.4 Å². The lowest BCUT2D eigenvalue weighted by atomic mass is 10.2. The highest BCUT2D eigenvalue weighted by Crippen LogP contribution is 2.20. The molecule has 0 unspecified atom stereocenters. The van der Waals surface area contributed by atoms with E-state index in [4.69, 9.17) is 14.9 Å². The Kier molecular flexibility index (Phi) is 3.16. The van der Waals surface area contributed by atoms with Crippen molar-refractivity contribution in [1.29, 1.82) is 0 Å². The summed E-state index contributed by atoms with van der Waals surface area (Å²) in [5, 5.41) is 1.05. The highest BCUT2D eigenvalue weighted by molar-refractivity contribution is 5.79. The minimum atomic E-state index is 0.361. The summed E-state index contributed by atoms with van der Waals surface area (Å²) in [6, 6.07) is 11.7. The van der Waals surface area contributed by atoms with Crippen molar-refractivity contribution in [2.45, 2.75) is 13.2 Å². The van der Waals surface area contributed by atoms with Crippen LogP contribution in [0.5, 0.6) is 5.75 Å². The average Bonchev–Trinajstić information content (AvgIpc) is 2.92. The number of nitrogens with zero attached hydrogens (tertiary/aromatic N) is 1. The number of pyridine rings is 1. The van der Waals surface area contributed by atoms with Gasteiger partial charge in [0, 0.05) is 17.5 Å². The number of fused-ring (bicyclic) bond motifs is 1. The van der Waals surface area contributed by atoms with Gasteiger partial charge in [0.1, 0.15) is 18.1 Å². The van der Waals surface area contributed by atoms with Crippen LogP contribution >= 0.6 is 0 Å². The molecule has 4 heteroatoms. The largest absolute Gasteiger partial charge is 0.484 e. The third kappa shape index (κ3) is 2.44. The lowest BCUT2D eigenvalue weighted by Gasteiger charge is -2.06. The average molecular weight is 254 g/mol. The van der Waals surface area contributed by atoms with Gasteiger partial charge in [-0.2, -0.15) is 0 Å². The molecule has 0 aliphatic carbocycles. The summed E-state index contributed by atoms with van der Waals surface area (Å²) in [4.78, 5) is 4.34. The number of para-hydroxylation sites is 1. The van der Waals surface area contributed by atoms with Gasteiger partial charge in [-0.15, -0.1) is 0 Å². The molecule has 3 aromatic rings. The van der Waals surface area contributed by atoms with Crippen molar-refractivity contribution < 1.29 is 9.15 Å². The van der Waals surface area contributed by atoms with Crippen LogP contribution in [0.15, 0.2) is 53.3 Å². The number of rotatable bonds is 4. The molecule has 96 valence electrons. The molecule has 2 aromatic heterocycles. The molecule has 0 saturated heterocycles. The molecule has 0 aliphatic heterocycles. The standard InChI is InChI=1S/C15H14N2O2/c16-8-12-5-6-18-15(12)10-19-13-7-11-3-1-2-4-14(11)17-9-13/h1-7,9H,8,10,16H2. The van der Waals surface area contributed by atoms with Crippen LogP contribution < -0.4 is 10.5 Å². The summed E-state index contributed by atoms with van der Waals surface area (Å²) >= 11 is 0. The molecule has 0 saturated carbocycles. The van der Waals surface area contributed by atoms with Crippen LogP contribution in [0.4, 0.5) is 0 Å². The van der Waals surface area contributed by atoms with Crippen molar-refractivity contribution >= 4 is 10.9 Å². The topological polar surface area (TPSA) is 61.3 Å². The third-order valence-electron chi connectivity index (χ3n) is 2.99. The smallest absolute Gasteiger partial charge is 0.146 e. The van der Waals surface area contributed by atoms with E-state index in [-0.39, 0.29) is 0 Å². The van der Waals surface area contributed by atoms with Crippen molar-refractivity contribution in [3.05, 3.63) is 60.2 Å². The second-order valence-corrected chi connectivity index (χ2v) is 4.23. The van der Waals surface area contributed by atoms with Crippen LogP contribution in [-0.2, 0) is 13.2 Å². The molecule has 0 atom stereocenters. The Bertz CT molecular complexity index is 691. The maximum atomic E-state index is 5.69. The van der Waals surface area contributed by atoms with Crippen molar-refractivity contribution in [1.82, 2.24) is 4.98 Å². The first-order valence-corrected chi connectivity index (χ1v) is 6.10. The molecule has 4 nitrogen and oxygen atoms in total. The molecule has 2 N–H and O–H groups in total. The molecule has 0 fully saturated rings. The van der Waals surface area contributed by atoms with Gasteiger partial charge < -0.3 is 14.9 Å². The molecular weight excluding hydrogens is 240 g/mol. The van der Waals surface area contributed by atoms with E-state index in [9.17, 15) is 0 Å². The summed E-state index contributed by atoms with van der Waals surface area (Å²) in [5.74, 6) is 1.48. The van der Waals surface area contributed by atoms with Crippen LogP contribution in [0.2, 0.25) is 0 Å². The Balaban J connectivity index is 1.78. The lowest BCUT2D eigenvalue weighted by molar-refractivity contribution is 0.268. The fourth-order valence-electron chi connectivity index (χ4n) is 1.95. The Morgan fingerprint density at radius 1 is 1.21 bits per heavy atom. The summed E-state index contributed by atoms with van der Waals surface area (Å²) < 4.78 is 11.0. The molecule has 0 amide bonds. The van der Waals surface area contributed by atoms with Crippen molar-refractivity contribution in [2.75, 3.05) is 0 Å². The maximum Gasteiger partial charge on any atom is 0.146 e. The van der Waals surface area contributed by atoms with E-state index in [0.717, 1.165) is 28.0 Å². The number of nitrogens with two attached hydrogens (primary N) is 1. The Hall–Kier alpha value is -2.33. The van der Waals surface area contributed by atoms with Gasteiger partial charge in [-0.25, -0.2) is 0 Å². The normalized spacial score (nSPS) is 10.8. The molecule has 0 bridgehead atoms. The lowest BCUT2D eigenvalue weighted by Crippen LogP contribution is -2.02. The summed E-state index contributed by atoms with van der Waals surface area (Å²) in [5.41, 5.74) is 7.53. The number of hydrogen-bond acceptors (Lipinski definition) is 4. The van der Waals surface area contributed by atoms with E-state index in [2.05, 4.69) is 4.98 Å². The predicted octanol–water partition coefficient (Wildman–Crippen LogP) is 2.87.